The molecule has 1 heterocycles. The van der Waals surface area contributed by atoms with Crippen LogP contribution in [0.15, 0.2) is 10.9 Å². The third-order valence-electron chi connectivity index (χ3n) is 4.10. The number of fused-ring (bicyclic) bond motifs is 2. The third kappa shape index (κ3) is 1.83. The highest BCUT2D eigenvalue weighted by Crippen LogP contribution is 2.45. The lowest BCUT2D eigenvalue weighted by Crippen LogP contribution is -2.35. The van der Waals surface area contributed by atoms with Gasteiger partial charge in [-0.1, -0.05) is 6.42 Å². The summed E-state index contributed by atoms with van der Waals surface area (Å²) in [5.74, 6) is 1.98. The monoisotopic (exact) mass is 222 g/mol. The Morgan fingerprint density at radius 2 is 2.40 bits per heavy atom. The Hall–Kier alpha value is -0.410. The molecule has 1 aromatic heterocycles. The number of nitrogens with zero attached hydrogens (tertiary/aromatic N) is 1. The lowest BCUT2D eigenvalue weighted by Gasteiger charge is -2.26. The van der Waals surface area contributed by atoms with Gasteiger partial charge in [0.15, 0.2) is 0 Å². The van der Waals surface area contributed by atoms with Crippen LogP contribution in [0.5, 0.6) is 0 Å². The molecule has 1 N–H and O–H groups in total. The van der Waals surface area contributed by atoms with Gasteiger partial charge in [-0.2, -0.15) is 0 Å². The first-order valence-corrected chi connectivity index (χ1v) is 6.91. The molecule has 2 aliphatic rings. The Labute approximate surface area is 95.1 Å². The maximum atomic E-state index is 4.38. The molecule has 82 valence electrons. The molecule has 2 saturated carbocycles. The van der Waals surface area contributed by atoms with E-state index in [1.165, 1.54) is 31.4 Å². The van der Waals surface area contributed by atoms with Crippen molar-refractivity contribution in [2.24, 2.45) is 11.8 Å². The molecule has 2 fully saturated rings. The molecule has 0 aliphatic heterocycles. The first kappa shape index (κ1) is 9.79. The molecule has 2 nitrogen and oxygen atoms in total. The topological polar surface area (TPSA) is 24.9 Å². The highest BCUT2D eigenvalue weighted by atomic mass is 32.1. The fourth-order valence-electron chi connectivity index (χ4n) is 3.29. The van der Waals surface area contributed by atoms with E-state index in [0.717, 1.165) is 17.9 Å². The molecule has 0 saturated heterocycles. The van der Waals surface area contributed by atoms with Crippen molar-refractivity contribution in [1.29, 1.82) is 0 Å². The van der Waals surface area contributed by atoms with Crippen molar-refractivity contribution in [2.45, 2.75) is 44.7 Å². The van der Waals surface area contributed by atoms with Gasteiger partial charge in [-0.25, -0.2) is 4.98 Å². The highest BCUT2D eigenvalue weighted by molar-refractivity contribution is 7.07. The lowest BCUT2D eigenvalue weighted by molar-refractivity contribution is 0.325. The summed E-state index contributed by atoms with van der Waals surface area (Å²) in [7, 11) is 0. The van der Waals surface area contributed by atoms with Crippen molar-refractivity contribution in [3.63, 3.8) is 0 Å². The summed E-state index contributed by atoms with van der Waals surface area (Å²) in [6.45, 7) is 2.24. The average molecular weight is 222 g/mol. The van der Waals surface area contributed by atoms with E-state index in [9.17, 15) is 0 Å². The first-order chi connectivity index (χ1) is 7.33. The van der Waals surface area contributed by atoms with Gasteiger partial charge in [0.2, 0.25) is 0 Å². The Morgan fingerprint density at radius 1 is 1.47 bits per heavy atom. The lowest BCUT2D eigenvalue weighted by atomic mass is 9.94. The van der Waals surface area contributed by atoms with E-state index in [1.807, 2.05) is 5.51 Å². The van der Waals surface area contributed by atoms with Gasteiger partial charge >= 0.3 is 0 Å². The number of thiazole rings is 1. The summed E-state index contributed by atoms with van der Waals surface area (Å²) in [6, 6.07) is 1.20. The van der Waals surface area contributed by atoms with Crippen LogP contribution in [0.25, 0.3) is 0 Å². The van der Waals surface area contributed by atoms with Gasteiger partial charge in [-0.15, -0.1) is 11.3 Å². The van der Waals surface area contributed by atoms with Crippen LogP contribution in [-0.4, -0.2) is 11.0 Å². The van der Waals surface area contributed by atoms with Crippen LogP contribution < -0.4 is 5.32 Å². The summed E-state index contributed by atoms with van der Waals surface area (Å²) in [6.07, 6.45) is 5.81. The van der Waals surface area contributed by atoms with Gasteiger partial charge in [-0.05, 0) is 38.0 Å². The number of aromatic nitrogens is 1. The number of hydrogen-bond donors (Lipinski definition) is 1. The van der Waals surface area contributed by atoms with Crippen LogP contribution in [0, 0.1) is 11.8 Å². The molecule has 2 bridgehead atoms. The second kappa shape index (κ2) is 3.87. The molecule has 15 heavy (non-hydrogen) atoms. The van der Waals surface area contributed by atoms with E-state index >= 15 is 0 Å². The largest absolute Gasteiger partial charge is 0.306 e. The Kier molecular flexibility index (Phi) is 2.53. The quantitative estimate of drug-likeness (QED) is 0.850. The van der Waals surface area contributed by atoms with Crippen LogP contribution in [-0.2, 0) is 0 Å². The van der Waals surface area contributed by atoms with Gasteiger partial charge in [0.1, 0.15) is 0 Å². The summed E-state index contributed by atoms with van der Waals surface area (Å²) >= 11 is 1.69. The normalized spacial score (nSPS) is 35.9. The van der Waals surface area contributed by atoms with Gasteiger partial charge in [0, 0.05) is 17.5 Å². The molecule has 0 amide bonds. The molecule has 1 aromatic rings. The van der Waals surface area contributed by atoms with Gasteiger partial charge < -0.3 is 5.32 Å². The van der Waals surface area contributed by atoms with Crippen LogP contribution >= 0.6 is 11.3 Å². The number of hydrogen-bond acceptors (Lipinski definition) is 3. The fourth-order valence-corrected chi connectivity index (χ4v) is 3.94. The number of nitrogens with one attached hydrogen (secondary N) is 1. The highest BCUT2D eigenvalue weighted by Gasteiger charge is 2.39. The molecule has 3 rings (SSSR count). The van der Waals surface area contributed by atoms with E-state index in [1.54, 1.807) is 11.3 Å². The van der Waals surface area contributed by atoms with Crippen molar-refractivity contribution >= 4 is 11.3 Å². The van der Waals surface area contributed by atoms with Crippen molar-refractivity contribution in [2.75, 3.05) is 0 Å². The molecule has 3 heteroatoms. The molecular weight excluding hydrogens is 204 g/mol. The predicted octanol–water partition coefficient (Wildman–Crippen LogP) is 2.98. The minimum Gasteiger partial charge on any atom is -0.306 e. The molecule has 2 aliphatic carbocycles. The molecule has 0 spiro atoms. The third-order valence-corrected chi connectivity index (χ3v) is 4.70. The first-order valence-electron chi connectivity index (χ1n) is 5.97. The maximum absolute atomic E-state index is 4.38. The van der Waals surface area contributed by atoms with Crippen LogP contribution in [0.2, 0.25) is 0 Å². The summed E-state index contributed by atoms with van der Waals surface area (Å²) in [4.78, 5) is 4.38. The minimum absolute atomic E-state index is 0.431. The van der Waals surface area contributed by atoms with E-state index in [2.05, 4.69) is 22.6 Å². The Bertz CT molecular complexity index is 322. The predicted molar refractivity (Wildman–Crippen MR) is 62.9 cm³/mol. The maximum Gasteiger partial charge on any atom is 0.0795 e. The van der Waals surface area contributed by atoms with Crippen LogP contribution in [0.1, 0.15) is 44.3 Å². The summed E-state index contributed by atoms with van der Waals surface area (Å²) in [5, 5.41) is 5.91. The average Bonchev–Trinajstić information content (AvgIpc) is 2.95. The van der Waals surface area contributed by atoms with Crippen molar-refractivity contribution in [3.8, 4) is 0 Å². The molecule has 0 aromatic carbocycles. The van der Waals surface area contributed by atoms with Crippen LogP contribution in [0.4, 0.5) is 0 Å². The molecule has 0 radical (unpaired) electrons. The SMILES string of the molecule is CC(NC1CC2CCC1C2)c1cscn1. The van der Waals surface area contributed by atoms with E-state index in [4.69, 9.17) is 0 Å². The summed E-state index contributed by atoms with van der Waals surface area (Å²) < 4.78 is 0. The van der Waals surface area contributed by atoms with Gasteiger partial charge in [0.05, 0.1) is 11.2 Å². The summed E-state index contributed by atoms with van der Waals surface area (Å²) in [5.41, 5.74) is 3.14. The van der Waals surface area contributed by atoms with Crippen molar-refractivity contribution < 1.29 is 0 Å². The molecule has 4 atom stereocenters. The smallest absolute Gasteiger partial charge is 0.0795 e. The zero-order valence-corrected chi connectivity index (χ0v) is 9.96. The van der Waals surface area contributed by atoms with E-state index in [0.29, 0.717) is 6.04 Å². The molecule has 4 unspecified atom stereocenters. The fraction of sp³-hybridized carbons (Fsp3) is 0.750. The van der Waals surface area contributed by atoms with Crippen LogP contribution in [0.3, 0.4) is 0 Å². The number of rotatable bonds is 3. The second-order valence-electron chi connectivity index (χ2n) is 5.08. The molecular formula is C12H18N2S. The van der Waals surface area contributed by atoms with Crippen molar-refractivity contribution in [1.82, 2.24) is 10.3 Å². The Morgan fingerprint density at radius 3 is 3.00 bits per heavy atom. The van der Waals surface area contributed by atoms with Gasteiger partial charge in [0.25, 0.3) is 0 Å². The van der Waals surface area contributed by atoms with E-state index in [-0.39, 0.29) is 0 Å². The minimum atomic E-state index is 0.431. The second-order valence-corrected chi connectivity index (χ2v) is 5.80. The zero-order chi connectivity index (χ0) is 10.3. The van der Waals surface area contributed by atoms with Crippen molar-refractivity contribution in [3.05, 3.63) is 16.6 Å². The Balaban J connectivity index is 1.62. The van der Waals surface area contributed by atoms with E-state index < -0.39 is 0 Å². The standard InChI is InChI=1S/C12H18N2S/c1-8(12-6-15-7-13-12)14-11-5-9-2-3-10(11)4-9/h6-11,14H,2-5H2,1H3. The zero-order valence-electron chi connectivity index (χ0n) is 9.15. The van der Waals surface area contributed by atoms with Gasteiger partial charge in [-0.3, -0.25) is 0 Å².